The van der Waals surface area contributed by atoms with Crippen molar-refractivity contribution in [3.05, 3.63) is 70.8 Å². The highest BCUT2D eigenvalue weighted by Crippen LogP contribution is 2.28. The Kier molecular flexibility index (Phi) is 7.59. The van der Waals surface area contributed by atoms with E-state index in [1.165, 1.54) is 0 Å². The van der Waals surface area contributed by atoms with E-state index in [4.69, 9.17) is 0 Å². The van der Waals surface area contributed by atoms with Crippen LogP contribution in [-0.2, 0) is 9.59 Å². The van der Waals surface area contributed by atoms with E-state index >= 15 is 0 Å². The highest BCUT2D eigenvalue weighted by molar-refractivity contribution is 5.96. The lowest BCUT2D eigenvalue weighted by molar-refractivity contribution is -0.131. The summed E-state index contributed by atoms with van der Waals surface area (Å²) >= 11 is 0. The molecule has 0 radical (unpaired) electrons. The monoisotopic (exact) mass is 436 g/mol. The van der Waals surface area contributed by atoms with Crippen molar-refractivity contribution in [2.75, 3.05) is 0 Å². The minimum Gasteiger partial charge on any atom is -0.273 e. The van der Waals surface area contributed by atoms with Crippen LogP contribution < -0.4 is 21.7 Å². The third kappa shape index (κ3) is 6.16. The molecule has 0 aromatic heterocycles. The Morgan fingerprint density at radius 3 is 1.19 bits per heavy atom. The Morgan fingerprint density at radius 1 is 0.562 bits per heavy atom. The first-order chi connectivity index (χ1) is 15.3. The molecule has 0 spiro atoms. The summed E-state index contributed by atoms with van der Waals surface area (Å²) in [5, 5.41) is 0. The number of carbonyl (C=O) groups is 4. The normalized spacial score (nSPS) is 17.7. The number of benzene rings is 2. The van der Waals surface area contributed by atoms with Crippen molar-refractivity contribution in [3.8, 4) is 0 Å². The molecule has 2 aromatic rings. The molecular formula is C24H28N4O4. The molecule has 32 heavy (non-hydrogen) atoms. The van der Waals surface area contributed by atoms with Gasteiger partial charge in [-0.1, -0.05) is 35.4 Å². The fraction of sp³-hybridized carbons (Fsp3) is 0.333. The quantitative estimate of drug-likeness (QED) is 0.551. The van der Waals surface area contributed by atoms with Gasteiger partial charge in [0.2, 0.25) is 11.8 Å². The molecule has 1 saturated carbocycles. The molecule has 1 aliphatic carbocycles. The van der Waals surface area contributed by atoms with Gasteiger partial charge >= 0.3 is 0 Å². The zero-order valence-electron chi connectivity index (χ0n) is 18.2. The molecule has 4 N–H and O–H groups in total. The predicted molar refractivity (Wildman–Crippen MR) is 119 cm³/mol. The molecule has 0 atom stereocenters. The Labute approximate surface area is 187 Å². The fourth-order valence-corrected chi connectivity index (χ4v) is 3.61. The number of carbonyl (C=O) groups excluding carboxylic acids is 4. The SMILES string of the molecule is Cc1ccc(C(=O)NNC(=O)C2CCC(C(=O)NNC(=O)c3ccc(C)cc3)CC2)cc1. The maximum Gasteiger partial charge on any atom is 0.269 e. The van der Waals surface area contributed by atoms with Gasteiger partial charge in [-0.05, 0) is 63.8 Å². The van der Waals surface area contributed by atoms with Crippen molar-refractivity contribution in [2.24, 2.45) is 11.8 Å². The van der Waals surface area contributed by atoms with E-state index in [9.17, 15) is 19.2 Å². The van der Waals surface area contributed by atoms with E-state index < -0.39 is 0 Å². The fourth-order valence-electron chi connectivity index (χ4n) is 3.61. The molecule has 1 aliphatic rings. The third-order valence-electron chi connectivity index (χ3n) is 5.69. The summed E-state index contributed by atoms with van der Waals surface area (Å²) in [7, 11) is 0. The lowest BCUT2D eigenvalue weighted by Crippen LogP contribution is -2.47. The molecule has 0 saturated heterocycles. The molecule has 3 rings (SSSR count). The number of hydrogen-bond donors (Lipinski definition) is 4. The summed E-state index contributed by atoms with van der Waals surface area (Å²) in [6.07, 6.45) is 2.10. The van der Waals surface area contributed by atoms with Crippen molar-refractivity contribution >= 4 is 23.6 Å². The van der Waals surface area contributed by atoms with Crippen molar-refractivity contribution < 1.29 is 19.2 Å². The summed E-state index contributed by atoms with van der Waals surface area (Å²) in [5.74, 6) is -1.85. The second-order valence-electron chi connectivity index (χ2n) is 8.17. The molecule has 4 amide bonds. The molecular weight excluding hydrogens is 408 g/mol. The second-order valence-corrected chi connectivity index (χ2v) is 8.17. The second kappa shape index (κ2) is 10.6. The summed E-state index contributed by atoms with van der Waals surface area (Å²) in [6, 6.07) is 14.1. The topological polar surface area (TPSA) is 116 Å². The lowest BCUT2D eigenvalue weighted by atomic mass is 9.81. The van der Waals surface area contributed by atoms with Crippen LogP contribution in [0.5, 0.6) is 0 Å². The zero-order chi connectivity index (χ0) is 23.1. The maximum atomic E-state index is 12.4. The van der Waals surface area contributed by atoms with Crippen LogP contribution in [0.4, 0.5) is 0 Å². The Bertz CT molecular complexity index is 897. The molecule has 8 nitrogen and oxygen atoms in total. The van der Waals surface area contributed by atoms with Crippen LogP contribution in [0.3, 0.4) is 0 Å². The first-order valence-corrected chi connectivity index (χ1v) is 10.7. The molecule has 0 aliphatic heterocycles. The number of hydrazine groups is 2. The van der Waals surface area contributed by atoms with Gasteiger partial charge in [0, 0.05) is 23.0 Å². The molecule has 0 bridgehead atoms. The molecule has 1 fully saturated rings. The molecule has 0 unspecified atom stereocenters. The average molecular weight is 437 g/mol. The van der Waals surface area contributed by atoms with Crippen molar-refractivity contribution in [1.82, 2.24) is 21.7 Å². The highest BCUT2D eigenvalue weighted by atomic mass is 16.2. The van der Waals surface area contributed by atoms with Gasteiger partial charge in [-0.3, -0.25) is 40.9 Å². The van der Waals surface area contributed by atoms with E-state index in [1.807, 2.05) is 38.1 Å². The number of aryl methyl sites for hydroxylation is 2. The molecule has 2 aromatic carbocycles. The van der Waals surface area contributed by atoms with Crippen LogP contribution >= 0.6 is 0 Å². The van der Waals surface area contributed by atoms with Crippen molar-refractivity contribution in [1.29, 1.82) is 0 Å². The Morgan fingerprint density at radius 2 is 0.875 bits per heavy atom. The van der Waals surface area contributed by atoms with Gasteiger partial charge in [0.25, 0.3) is 11.8 Å². The first-order valence-electron chi connectivity index (χ1n) is 10.7. The summed E-state index contributed by atoms with van der Waals surface area (Å²) in [5.41, 5.74) is 12.8. The van der Waals surface area contributed by atoms with Gasteiger partial charge in [0.1, 0.15) is 0 Å². The van der Waals surface area contributed by atoms with Crippen LogP contribution in [0.15, 0.2) is 48.5 Å². The van der Waals surface area contributed by atoms with Crippen LogP contribution in [0.25, 0.3) is 0 Å². The third-order valence-corrected chi connectivity index (χ3v) is 5.69. The van der Waals surface area contributed by atoms with Gasteiger partial charge in [-0.15, -0.1) is 0 Å². The van der Waals surface area contributed by atoms with E-state index in [0.29, 0.717) is 36.8 Å². The largest absolute Gasteiger partial charge is 0.273 e. The van der Waals surface area contributed by atoms with E-state index in [0.717, 1.165) is 11.1 Å². The number of amides is 4. The maximum absolute atomic E-state index is 12.4. The minimum atomic E-state index is -0.379. The smallest absolute Gasteiger partial charge is 0.269 e. The number of rotatable bonds is 4. The van der Waals surface area contributed by atoms with E-state index in [1.54, 1.807) is 24.3 Å². The number of hydrogen-bond acceptors (Lipinski definition) is 4. The molecule has 168 valence electrons. The highest BCUT2D eigenvalue weighted by Gasteiger charge is 2.30. The first kappa shape index (κ1) is 23.0. The number of nitrogens with one attached hydrogen (secondary N) is 4. The van der Waals surface area contributed by atoms with Crippen LogP contribution in [0.2, 0.25) is 0 Å². The van der Waals surface area contributed by atoms with Gasteiger partial charge in [-0.2, -0.15) is 0 Å². The minimum absolute atomic E-state index is 0.267. The molecule has 8 heteroatoms. The van der Waals surface area contributed by atoms with Crippen LogP contribution in [0.1, 0.15) is 57.5 Å². The van der Waals surface area contributed by atoms with E-state index in [-0.39, 0.29) is 35.5 Å². The van der Waals surface area contributed by atoms with Crippen LogP contribution in [0, 0.1) is 25.7 Å². The van der Waals surface area contributed by atoms with Crippen molar-refractivity contribution in [3.63, 3.8) is 0 Å². The van der Waals surface area contributed by atoms with Gasteiger partial charge < -0.3 is 0 Å². The predicted octanol–water partition coefficient (Wildman–Crippen LogP) is 2.33. The summed E-state index contributed by atoms with van der Waals surface area (Å²) in [6.45, 7) is 3.86. The molecule has 0 heterocycles. The lowest BCUT2D eigenvalue weighted by Gasteiger charge is -2.27. The van der Waals surface area contributed by atoms with Gasteiger partial charge in [-0.25, -0.2) is 0 Å². The zero-order valence-corrected chi connectivity index (χ0v) is 18.2. The average Bonchev–Trinajstić information content (AvgIpc) is 2.81. The summed E-state index contributed by atoms with van der Waals surface area (Å²) < 4.78 is 0. The van der Waals surface area contributed by atoms with Gasteiger partial charge in [0.15, 0.2) is 0 Å². The van der Waals surface area contributed by atoms with E-state index in [2.05, 4.69) is 21.7 Å². The van der Waals surface area contributed by atoms with Crippen molar-refractivity contribution in [2.45, 2.75) is 39.5 Å². The van der Waals surface area contributed by atoms with Crippen LogP contribution in [-0.4, -0.2) is 23.6 Å². The summed E-state index contributed by atoms with van der Waals surface area (Å²) in [4.78, 5) is 49.0. The van der Waals surface area contributed by atoms with Gasteiger partial charge in [0.05, 0.1) is 0 Å². The standard InChI is InChI=1S/C24H28N4O4/c1-15-3-7-17(8-4-15)21(29)25-27-23(31)19-11-13-20(14-12-19)24(32)28-26-22(30)18-9-5-16(2)6-10-18/h3-10,19-20H,11-14H2,1-2H3,(H,25,29)(H,26,30)(H,27,31)(H,28,32). The Balaban J connectivity index is 1.39. The Hall–Kier alpha value is -3.68.